The molecule has 0 aliphatic carbocycles. The van der Waals surface area contributed by atoms with Crippen molar-refractivity contribution in [2.45, 2.75) is 11.3 Å². The molecule has 9 heteroatoms. The Bertz CT molecular complexity index is 534. The van der Waals surface area contributed by atoms with Gasteiger partial charge in [-0.15, -0.1) is 4.83 Å². The number of ether oxygens (including phenoxy) is 1. The van der Waals surface area contributed by atoms with Crippen LogP contribution in [0.3, 0.4) is 0 Å². The number of nitrogens with one attached hydrogen (secondary N) is 3. The van der Waals surface area contributed by atoms with E-state index in [9.17, 15) is 8.42 Å². The number of methoxy groups -OCH3 is 1. The van der Waals surface area contributed by atoms with Crippen molar-refractivity contribution in [2.75, 3.05) is 20.3 Å². The van der Waals surface area contributed by atoms with Crippen LogP contribution in [0, 0.1) is 0 Å². The lowest BCUT2D eigenvalue weighted by molar-refractivity contribution is 0.195. The SMILES string of the molecule is COCCCNC(=S)NNS(=O)(=O)c1ccc(Br)cc1. The molecule has 0 atom stereocenters. The van der Waals surface area contributed by atoms with Crippen molar-refractivity contribution in [3.05, 3.63) is 28.7 Å². The number of hydrazine groups is 1. The Hall–Kier alpha value is -0.740. The standard InChI is InChI=1S/C11H16BrN3O3S2/c1-18-8-2-7-13-11(19)14-15-20(16,17)10-5-3-9(12)4-6-10/h3-6,15H,2,7-8H2,1H3,(H2,13,14,19). The van der Waals surface area contributed by atoms with E-state index >= 15 is 0 Å². The van der Waals surface area contributed by atoms with Crippen LogP contribution < -0.4 is 15.6 Å². The number of thiocarbonyl (C=S) groups is 1. The van der Waals surface area contributed by atoms with E-state index < -0.39 is 10.0 Å². The van der Waals surface area contributed by atoms with Gasteiger partial charge in [0.25, 0.3) is 10.0 Å². The van der Waals surface area contributed by atoms with E-state index in [-0.39, 0.29) is 10.0 Å². The average molecular weight is 382 g/mol. The molecule has 6 nitrogen and oxygen atoms in total. The largest absolute Gasteiger partial charge is 0.385 e. The van der Waals surface area contributed by atoms with E-state index in [1.807, 2.05) is 0 Å². The summed E-state index contributed by atoms with van der Waals surface area (Å²) in [7, 11) is -2.03. The Balaban J connectivity index is 2.43. The van der Waals surface area contributed by atoms with E-state index in [1.165, 1.54) is 12.1 Å². The maximum Gasteiger partial charge on any atom is 0.257 e. The zero-order chi connectivity index (χ0) is 15.0. The number of halogens is 1. The molecule has 0 unspecified atom stereocenters. The topological polar surface area (TPSA) is 79.5 Å². The quantitative estimate of drug-likeness (QED) is 0.373. The molecule has 1 rings (SSSR count). The number of hydrogen-bond donors (Lipinski definition) is 3. The lowest BCUT2D eigenvalue weighted by Gasteiger charge is -2.11. The molecule has 0 aliphatic heterocycles. The molecule has 0 aromatic heterocycles. The zero-order valence-corrected chi connectivity index (χ0v) is 14.1. The van der Waals surface area contributed by atoms with E-state index in [0.717, 1.165) is 10.9 Å². The minimum atomic E-state index is -3.64. The highest BCUT2D eigenvalue weighted by Crippen LogP contribution is 2.13. The summed E-state index contributed by atoms with van der Waals surface area (Å²) in [5, 5.41) is 3.07. The van der Waals surface area contributed by atoms with E-state index in [1.54, 1.807) is 19.2 Å². The predicted molar refractivity (Wildman–Crippen MR) is 84.7 cm³/mol. The van der Waals surface area contributed by atoms with Crippen molar-refractivity contribution in [3.8, 4) is 0 Å². The van der Waals surface area contributed by atoms with Gasteiger partial charge in [0, 0.05) is 24.7 Å². The molecule has 0 amide bonds. The molecular formula is C11H16BrN3O3S2. The van der Waals surface area contributed by atoms with Crippen molar-refractivity contribution >= 4 is 43.3 Å². The molecule has 20 heavy (non-hydrogen) atoms. The molecule has 0 bridgehead atoms. The third kappa shape index (κ3) is 6.14. The molecule has 1 aromatic carbocycles. The van der Waals surface area contributed by atoms with Gasteiger partial charge in [-0.2, -0.15) is 0 Å². The van der Waals surface area contributed by atoms with Crippen molar-refractivity contribution in [3.63, 3.8) is 0 Å². The maximum atomic E-state index is 11.9. The minimum Gasteiger partial charge on any atom is -0.385 e. The molecule has 0 saturated carbocycles. The third-order valence-electron chi connectivity index (χ3n) is 2.23. The lowest BCUT2D eigenvalue weighted by atomic mass is 10.4. The van der Waals surface area contributed by atoms with Crippen LogP contribution in [-0.4, -0.2) is 33.8 Å². The molecule has 112 valence electrons. The van der Waals surface area contributed by atoms with Gasteiger partial charge < -0.3 is 10.1 Å². The first-order valence-corrected chi connectivity index (χ1v) is 8.44. The van der Waals surface area contributed by atoms with Gasteiger partial charge in [-0.25, -0.2) is 8.42 Å². The smallest absolute Gasteiger partial charge is 0.257 e. The summed E-state index contributed by atoms with van der Waals surface area (Å²) in [5.41, 5.74) is 2.44. The molecule has 0 fully saturated rings. The summed E-state index contributed by atoms with van der Waals surface area (Å²) in [6, 6.07) is 6.28. The van der Waals surface area contributed by atoms with Gasteiger partial charge in [-0.1, -0.05) is 15.9 Å². The minimum absolute atomic E-state index is 0.149. The van der Waals surface area contributed by atoms with Crippen LogP contribution in [0.4, 0.5) is 0 Å². The normalized spacial score (nSPS) is 11.1. The first-order valence-electron chi connectivity index (χ1n) is 5.76. The molecular weight excluding hydrogens is 366 g/mol. The summed E-state index contributed by atoms with van der Waals surface area (Å²) >= 11 is 8.19. The van der Waals surface area contributed by atoms with Gasteiger partial charge in [0.1, 0.15) is 0 Å². The second kappa shape index (κ2) is 8.53. The second-order valence-corrected chi connectivity index (χ2v) is 6.79. The van der Waals surface area contributed by atoms with Crippen LogP contribution in [0.15, 0.2) is 33.6 Å². The van der Waals surface area contributed by atoms with Gasteiger partial charge in [-0.05, 0) is 42.9 Å². The first-order chi connectivity index (χ1) is 9.45. The Morgan fingerprint density at radius 2 is 2.00 bits per heavy atom. The fraction of sp³-hybridized carbons (Fsp3) is 0.364. The van der Waals surface area contributed by atoms with Gasteiger partial charge in [0.2, 0.25) is 0 Å². The number of rotatable bonds is 7. The molecule has 1 aromatic rings. The Kier molecular flexibility index (Phi) is 7.38. The highest BCUT2D eigenvalue weighted by atomic mass is 79.9. The number of benzene rings is 1. The van der Waals surface area contributed by atoms with Crippen LogP contribution >= 0.6 is 28.1 Å². The van der Waals surface area contributed by atoms with Crippen LogP contribution in [0.25, 0.3) is 0 Å². The predicted octanol–water partition coefficient (Wildman–Crippen LogP) is 1.14. The van der Waals surface area contributed by atoms with E-state index in [0.29, 0.717) is 13.2 Å². The first kappa shape index (κ1) is 17.3. The average Bonchev–Trinajstić information content (AvgIpc) is 2.42. The Morgan fingerprint density at radius 1 is 1.35 bits per heavy atom. The molecule has 0 spiro atoms. The lowest BCUT2D eigenvalue weighted by Crippen LogP contribution is -2.46. The Morgan fingerprint density at radius 3 is 2.60 bits per heavy atom. The Labute approximate surface area is 132 Å². The summed E-state index contributed by atoms with van der Waals surface area (Å²) in [5.74, 6) is 0. The molecule has 0 heterocycles. The maximum absolute atomic E-state index is 11.9. The summed E-state index contributed by atoms with van der Waals surface area (Å²) in [4.78, 5) is 2.36. The van der Waals surface area contributed by atoms with E-state index in [4.69, 9.17) is 17.0 Å². The molecule has 0 saturated heterocycles. The van der Waals surface area contributed by atoms with Crippen LogP contribution in [0.5, 0.6) is 0 Å². The fourth-order valence-electron chi connectivity index (χ4n) is 1.25. The second-order valence-electron chi connectivity index (χ2n) is 3.79. The van der Waals surface area contributed by atoms with Crippen molar-refractivity contribution in [2.24, 2.45) is 0 Å². The van der Waals surface area contributed by atoms with Crippen LogP contribution in [0.2, 0.25) is 0 Å². The van der Waals surface area contributed by atoms with E-state index in [2.05, 4.69) is 31.5 Å². The third-order valence-corrected chi connectivity index (χ3v) is 4.27. The monoisotopic (exact) mass is 381 g/mol. The summed E-state index contributed by atoms with van der Waals surface area (Å²) in [6.07, 6.45) is 0.776. The summed E-state index contributed by atoms with van der Waals surface area (Å²) < 4.78 is 29.5. The summed E-state index contributed by atoms with van der Waals surface area (Å²) in [6.45, 7) is 1.21. The van der Waals surface area contributed by atoms with Gasteiger partial charge in [0.05, 0.1) is 4.90 Å². The van der Waals surface area contributed by atoms with Gasteiger partial charge >= 0.3 is 0 Å². The molecule has 0 aliphatic rings. The van der Waals surface area contributed by atoms with Crippen molar-refractivity contribution < 1.29 is 13.2 Å². The van der Waals surface area contributed by atoms with Crippen LogP contribution in [-0.2, 0) is 14.8 Å². The van der Waals surface area contributed by atoms with Crippen molar-refractivity contribution in [1.29, 1.82) is 0 Å². The number of sulfonamides is 1. The highest BCUT2D eigenvalue weighted by Gasteiger charge is 2.13. The highest BCUT2D eigenvalue weighted by molar-refractivity contribution is 9.10. The molecule has 3 N–H and O–H groups in total. The van der Waals surface area contributed by atoms with Gasteiger partial charge in [-0.3, -0.25) is 5.43 Å². The van der Waals surface area contributed by atoms with Crippen LogP contribution in [0.1, 0.15) is 6.42 Å². The van der Waals surface area contributed by atoms with Gasteiger partial charge in [0.15, 0.2) is 5.11 Å². The number of hydrogen-bond acceptors (Lipinski definition) is 4. The molecule has 0 radical (unpaired) electrons. The zero-order valence-electron chi connectivity index (χ0n) is 10.8. The fourth-order valence-corrected chi connectivity index (χ4v) is 2.58. The van der Waals surface area contributed by atoms with Crippen molar-refractivity contribution in [1.82, 2.24) is 15.6 Å².